The van der Waals surface area contributed by atoms with Crippen LogP contribution < -0.4 is 15.2 Å². The maximum absolute atomic E-state index is 12.2. The summed E-state index contributed by atoms with van der Waals surface area (Å²) in [6.45, 7) is 2.19. The predicted molar refractivity (Wildman–Crippen MR) is 85.1 cm³/mol. The summed E-state index contributed by atoms with van der Waals surface area (Å²) in [5.41, 5.74) is 7.07. The summed E-state index contributed by atoms with van der Waals surface area (Å²) in [7, 11) is -1.94. The van der Waals surface area contributed by atoms with Crippen LogP contribution in [0.5, 0.6) is 5.75 Å². The smallest absolute Gasteiger partial charge is 0.250 e. The zero-order chi connectivity index (χ0) is 15.5. The fourth-order valence-electron chi connectivity index (χ4n) is 1.84. The minimum Gasteiger partial charge on any atom is -0.495 e. The van der Waals surface area contributed by atoms with Gasteiger partial charge in [0.1, 0.15) is 9.96 Å². The number of benzene rings is 1. The summed E-state index contributed by atoms with van der Waals surface area (Å²) in [6, 6.07) is 8.68. The summed E-state index contributed by atoms with van der Waals surface area (Å²) < 4.78 is 32.4. The van der Waals surface area contributed by atoms with Crippen molar-refractivity contribution in [1.82, 2.24) is 4.72 Å². The molecule has 0 amide bonds. The number of anilines is 1. The molecule has 0 aliphatic rings. The third kappa shape index (κ3) is 3.75. The fraction of sp³-hybridized carbons (Fsp3) is 0.286. The number of nitrogens with two attached hydrogens (primary N) is 1. The molecule has 0 atom stereocenters. The van der Waals surface area contributed by atoms with Gasteiger partial charge in [-0.1, -0.05) is 13.0 Å². The van der Waals surface area contributed by atoms with Gasteiger partial charge in [0.2, 0.25) is 10.0 Å². The number of methoxy groups -OCH3 is 1. The fourth-order valence-corrected chi connectivity index (χ4v) is 4.19. The Bertz CT molecular complexity index is 724. The molecule has 1 aromatic carbocycles. The van der Waals surface area contributed by atoms with Crippen LogP contribution in [0, 0.1) is 0 Å². The Morgan fingerprint density at radius 2 is 2.05 bits per heavy atom. The molecule has 114 valence electrons. The molecule has 5 nitrogen and oxygen atoms in total. The number of hydrogen-bond acceptors (Lipinski definition) is 5. The molecule has 1 heterocycles. The van der Waals surface area contributed by atoms with Gasteiger partial charge in [-0.15, -0.1) is 11.3 Å². The van der Waals surface area contributed by atoms with E-state index in [1.807, 2.05) is 13.0 Å². The maximum Gasteiger partial charge on any atom is 0.250 e. The van der Waals surface area contributed by atoms with E-state index in [4.69, 9.17) is 10.5 Å². The van der Waals surface area contributed by atoms with Crippen LogP contribution in [0.1, 0.15) is 17.4 Å². The molecule has 0 saturated heterocycles. The van der Waals surface area contributed by atoms with E-state index in [9.17, 15) is 8.42 Å². The molecule has 0 saturated carbocycles. The number of sulfonamides is 1. The van der Waals surface area contributed by atoms with E-state index in [0.29, 0.717) is 15.6 Å². The molecule has 0 spiro atoms. The number of nitrogens with one attached hydrogen (secondary N) is 1. The first-order valence-electron chi connectivity index (χ1n) is 6.47. The van der Waals surface area contributed by atoms with Crippen LogP contribution in [0.15, 0.2) is 34.5 Å². The van der Waals surface area contributed by atoms with Gasteiger partial charge in [0.05, 0.1) is 12.8 Å². The Hall–Kier alpha value is -1.57. The van der Waals surface area contributed by atoms with Crippen LogP contribution >= 0.6 is 11.3 Å². The molecule has 0 unspecified atom stereocenters. The van der Waals surface area contributed by atoms with Crippen LogP contribution in [0.3, 0.4) is 0 Å². The second-order valence-electron chi connectivity index (χ2n) is 4.48. The predicted octanol–water partition coefficient (Wildman–Crippen LogP) is 2.38. The van der Waals surface area contributed by atoms with Crippen molar-refractivity contribution in [1.29, 1.82) is 0 Å². The van der Waals surface area contributed by atoms with Gasteiger partial charge in [-0.25, -0.2) is 13.1 Å². The topological polar surface area (TPSA) is 81.4 Å². The van der Waals surface area contributed by atoms with E-state index < -0.39 is 10.0 Å². The highest BCUT2D eigenvalue weighted by Gasteiger charge is 2.16. The Labute approximate surface area is 128 Å². The molecule has 2 rings (SSSR count). The first-order valence-corrected chi connectivity index (χ1v) is 8.77. The van der Waals surface area contributed by atoms with Gasteiger partial charge in [-0.05, 0) is 36.2 Å². The van der Waals surface area contributed by atoms with E-state index in [1.54, 1.807) is 24.3 Å². The number of thiophene rings is 1. The lowest BCUT2D eigenvalue weighted by Crippen LogP contribution is -2.22. The zero-order valence-electron chi connectivity index (χ0n) is 11.9. The SMILES string of the molecule is CCc1ccc(S(=O)(=O)NCc2ccc(OC)c(N)c2)s1. The van der Waals surface area contributed by atoms with Crippen LogP contribution in [0.4, 0.5) is 5.69 Å². The molecule has 0 aliphatic heterocycles. The highest BCUT2D eigenvalue weighted by Crippen LogP contribution is 2.24. The quantitative estimate of drug-likeness (QED) is 0.799. The average Bonchev–Trinajstić information content (AvgIpc) is 2.95. The summed E-state index contributed by atoms with van der Waals surface area (Å²) in [5, 5.41) is 0. The molecular weight excluding hydrogens is 308 g/mol. The standard InChI is InChI=1S/C14H18N2O3S2/c1-3-11-5-7-14(20-11)21(17,18)16-9-10-4-6-13(19-2)12(15)8-10/h4-8,16H,3,9,15H2,1-2H3. The van der Waals surface area contributed by atoms with Crippen LogP contribution in [-0.2, 0) is 23.0 Å². The number of hydrogen-bond donors (Lipinski definition) is 2. The Balaban J connectivity index is 2.09. The summed E-state index contributed by atoms with van der Waals surface area (Å²) in [5.74, 6) is 0.576. The minimum absolute atomic E-state index is 0.190. The third-order valence-corrected chi connectivity index (χ3v) is 6.13. The number of aryl methyl sites for hydroxylation is 1. The van der Waals surface area contributed by atoms with Crippen molar-refractivity contribution >= 4 is 27.0 Å². The van der Waals surface area contributed by atoms with Crippen molar-refractivity contribution in [3.8, 4) is 5.75 Å². The van der Waals surface area contributed by atoms with Crippen molar-refractivity contribution in [3.05, 3.63) is 40.8 Å². The number of ether oxygens (including phenoxy) is 1. The van der Waals surface area contributed by atoms with Gasteiger partial charge >= 0.3 is 0 Å². The van der Waals surface area contributed by atoms with Crippen LogP contribution in [0.2, 0.25) is 0 Å². The molecule has 0 aliphatic carbocycles. The monoisotopic (exact) mass is 326 g/mol. The van der Waals surface area contributed by atoms with Crippen molar-refractivity contribution in [2.75, 3.05) is 12.8 Å². The van der Waals surface area contributed by atoms with E-state index in [1.165, 1.54) is 18.4 Å². The van der Waals surface area contributed by atoms with Crippen molar-refractivity contribution in [2.24, 2.45) is 0 Å². The normalized spacial score (nSPS) is 11.5. The lowest BCUT2D eigenvalue weighted by Gasteiger charge is -2.08. The van der Waals surface area contributed by atoms with Gasteiger partial charge in [-0.3, -0.25) is 0 Å². The molecule has 21 heavy (non-hydrogen) atoms. The maximum atomic E-state index is 12.2. The van der Waals surface area contributed by atoms with E-state index in [2.05, 4.69) is 4.72 Å². The van der Waals surface area contributed by atoms with E-state index >= 15 is 0 Å². The second-order valence-corrected chi connectivity index (χ2v) is 7.64. The molecule has 1 aromatic heterocycles. The molecule has 2 aromatic rings. The largest absolute Gasteiger partial charge is 0.495 e. The second kappa shape index (κ2) is 6.46. The number of rotatable bonds is 6. The Morgan fingerprint density at radius 3 is 2.62 bits per heavy atom. The molecule has 0 bridgehead atoms. The van der Waals surface area contributed by atoms with E-state index in [0.717, 1.165) is 16.9 Å². The van der Waals surface area contributed by atoms with Gasteiger partial charge in [0, 0.05) is 11.4 Å². The van der Waals surface area contributed by atoms with E-state index in [-0.39, 0.29) is 6.54 Å². The molecule has 0 fully saturated rings. The van der Waals surface area contributed by atoms with Crippen molar-refractivity contribution < 1.29 is 13.2 Å². The van der Waals surface area contributed by atoms with Crippen molar-refractivity contribution in [3.63, 3.8) is 0 Å². The summed E-state index contributed by atoms with van der Waals surface area (Å²) >= 11 is 1.29. The molecule has 0 radical (unpaired) electrons. The van der Waals surface area contributed by atoms with Gasteiger partial charge in [-0.2, -0.15) is 0 Å². The lowest BCUT2D eigenvalue weighted by atomic mass is 10.2. The number of nitrogen functional groups attached to an aromatic ring is 1. The average molecular weight is 326 g/mol. The zero-order valence-corrected chi connectivity index (χ0v) is 13.6. The van der Waals surface area contributed by atoms with Crippen molar-refractivity contribution in [2.45, 2.75) is 24.1 Å². The van der Waals surface area contributed by atoms with Crippen LogP contribution in [0.25, 0.3) is 0 Å². The van der Waals surface area contributed by atoms with Gasteiger partial charge < -0.3 is 10.5 Å². The Kier molecular flexibility index (Phi) is 4.87. The Morgan fingerprint density at radius 1 is 1.29 bits per heavy atom. The third-order valence-electron chi connectivity index (χ3n) is 3.01. The van der Waals surface area contributed by atoms with Gasteiger partial charge in [0.15, 0.2) is 0 Å². The summed E-state index contributed by atoms with van der Waals surface area (Å²) in [6.07, 6.45) is 0.829. The molecular formula is C14H18N2O3S2. The van der Waals surface area contributed by atoms with Crippen LogP contribution in [-0.4, -0.2) is 15.5 Å². The highest BCUT2D eigenvalue weighted by molar-refractivity contribution is 7.91. The lowest BCUT2D eigenvalue weighted by molar-refractivity contribution is 0.417. The molecule has 3 N–H and O–H groups in total. The molecule has 7 heteroatoms. The highest BCUT2D eigenvalue weighted by atomic mass is 32.2. The minimum atomic E-state index is -3.48. The first-order chi connectivity index (χ1) is 9.96. The first kappa shape index (κ1) is 15.8. The summed E-state index contributed by atoms with van der Waals surface area (Å²) in [4.78, 5) is 1.05. The van der Waals surface area contributed by atoms with Gasteiger partial charge in [0.25, 0.3) is 0 Å².